The number of ketones is 1. The Morgan fingerprint density at radius 3 is 3.00 bits per heavy atom. The Kier molecular flexibility index (Phi) is 4.26. The van der Waals surface area contributed by atoms with Crippen LogP contribution in [0.15, 0.2) is 12.3 Å². The third kappa shape index (κ3) is 3.16. The van der Waals surface area contributed by atoms with E-state index in [4.69, 9.17) is 0 Å². The zero-order valence-electron chi connectivity index (χ0n) is 11.0. The Balaban J connectivity index is 2.01. The molecule has 2 atom stereocenters. The number of thioether (sulfide) groups is 1. The molecule has 0 bridgehead atoms. The van der Waals surface area contributed by atoms with Gasteiger partial charge in [-0.25, -0.2) is 0 Å². The smallest absolute Gasteiger partial charge is 0.287 e. The molecule has 7 heteroatoms. The van der Waals surface area contributed by atoms with Crippen molar-refractivity contribution in [3.8, 4) is 0 Å². The highest BCUT2D eigenvalue weighted by molar-refractivity contribution is 8.00. The summed E-state index contributed by atoms with van der Waals surface area (Å²) in [6.45, 7) is 5.46. The van der Waals surface area contributed by atoms with Gasteiger partial charge in [-0.1, -0.05) is 6.92 Å². The van der Waals surface area contributed by atoms with E-state index >= 15 is 0 Å². The zero-order valence-corrected chi connectivity index (χ0v) is 11.8. The number of nitrogens with one attached hydrogen (secondary N) is 1. The van der Waals surface area contributed by atoms with Gasteiger partial charge in [-0.15, -0.1) is 0 Å². The molecule has 0 amide bonds. The summed E-state index contributed by atoms with van der Waals surface area (Å²) in [5.41, 5.74) is 0.240. The third-order valence-electron chi connectivity index (χ3n) is 3.54. The van der Waals surface area contributed by atoms with Gasteiger partial charge < -0.3 is 4.98 Å². The average Bonchev–Trinajstić information content (AvgIpc) is 2.84. The van der Waals surface area contributed by atoms with Crippen LogP contribution in [0.4, 0.5) is 5.69 Å². The molecule has 0 spiro atoms. The number of nitrogens with zero attached hydrogens (tertiary/aromatic N) is 2. The molecule has 1 aromatic rings. The van der Waals surface area contributed by atoms with E-state index in [0.717, 1.165) is 12.3 Å². The number of Topliss-reactive ketones (excluding diaryl/α,β-unsaturated/α-hetero) is 1. The molecule has 19 heavy (non-hydrogen) atoms. The Morgan fingerprint density at radius 2 is 2.37 bits per heavy atom. The van der Waals surface area contributed by atoms with Crippen molar-refractivity contribution in [1.82, 2.24) is 9.88 Å². The number of aromatic amines is 1. The van der Waals surface area contributed by atoms with Crippen molar-refractivity contribution in [3.63, 3.8) is 0 Å². The Bertz CT molecular complexity index is 488. The highest BCUT2D eigenvalue weighted by atomic mass is 32.2. The Labute approximate surface area is 115 Å². The fourth-order valence-electron chi connectivity index (χ4n) is 2.14. The lowest BCUT2D eigenvalue weighted by atomic mass is 10.1. The topological polar surface area (TPSA) is 79.2 Å². The first-order valence-corrected chi connectivity index (χ1v) is 7.25. The minimum absolute atomic E-state index is 0.0704. The number of hydrogen-bond acceptors (Lipinski definition) is 5. The summed E-state index contributed by atoms with van der Waals surface area (Å²) in [4.78, 5) is 27.0. The van der Waals surface area contributed by atoms with Gasteiger partial charge in [0.1, 0.15) is 0 Å². The van der Waals surface area contributed by atoms with Crippen LogP contribution in [-0.2, 0) is 0 Å². The van der Waals surface area contributed by atoms with E-state index in [1.807, 2.05) is 11.8 Å². The molecule has 1 aliphatic rings. The summed E-state index contributed by atoms with van der Waals surface area (Å²) < 4.78 is 0. The van der Waals surface area contributed by atoms with Gasteiger partial charge >= 0.3 is 0 Å². The molecular weight excluding hydrogens is 266 g/mol. The van der Waals surface area contributed by atoms with E-state index in [1.165, 1.54) is 12.3 Å². The first kappa shape index (κ1) is 14.1. The van der Waals surface area contributed by atoms with E-state index < -0.39 is 4.92 Å². The molecule has 1 N–H and O–H groups in total. The maximum atomic E-state index is 12.1. The van der Waals surface area contributed by atoms with E-state index in [9.17, 15) is 14.9 Å². The van der Waals surface area contributed by atoms with Gasteiger partial charge in [0.15, 0.2) is 5.78 Å². The quantitative estimate of drug-likeness (QED) is 0.519. The Hall–Kier alpha value is -1.34. The number of nitro groups is 1. The molecule has 1 aliphatic heterocycles. The molecule has 2 rings (SSSR count). The van der Waals surface area contributed by atoms with Crippen LogP contribution >= 0.6 is 11.8 Å². The summed E-state index contributed by atoms with van der Waals surface area (Å²) >= 11 is 1.91. The lowest BCUT2D eigenvalue weighted by molar-refractivity contribution is -0.384. The van der Waals surface area contributed by atoms with E-state index in [1.54, 1.807) is 0 Å². The second-order valence-electron chi connectivity index (χ2n) is 4.74. The van der Waals surface area contributed by atoms with Gasteiger partial charge in [0.25, 0.3) is 5.69 Å². The average molecular weight is 283 g/mol. The maximum Gasteiger partial charge on any atom is 0.287 e. The lowest BCUT2D eigenvalue weighted by Gasteiger charge is -2.36. The summed E-state index contributed by atoms with van der Waals surface area (Å²) in [6, 6.07) is 1.64. The van der Waals surface area contributed by atoms with E-state index in [-0.39, 0.29) is 11.5 Å². The second-order valence-corrected chi connectivity index (χ2v) is 6.22. The fourth-order valence-corrected chi connectivity index (χ4v) is 3.30. The number of aromatic nitrogens is 1. The van der Waals surface area contributed by atoms with Gasteiger partial charge in [-0.05, 0) is 6.92 Å². The summed E-state index contributed by atoms with van der Waals surface area (Å²) in [6.07, 6.45) is 1.26. The van der Waals surface area contributed by atoms with Crippen LogP contribution in [0.1, 0.15) is 24.3 Å². The van der Waals surface area contributed by atoms with Gasteiger partial charge in [0.2, 0.25) is 0 Å². The summed E-state index contributed by atoms with van der Waals surface area (Å²) in [5, 5.41) is 11.1. The van der Waals surface area contributed by atoms with Crippen molar-refractivity contribution in [1.29, 1.82) is 0 Å². The van der Waals surface area contributed by atoms with Crippen molar-refractivity contribution in [2.45, 2.75) is 25.1 Å². The van der Waals surface area contributed by atoms with Crippen molar-refractivity contribution in [3.05, 3.63) is 28.1 Å². The maximum absolute atomic E-state index is 12.1. The molecule has 0 radical (unpaired) electrons. The normalized spacial score (nSPS) is 24.3. The van der Waals surface area contributed by atoms with Gasteiger partial charge in [-0.2, -0.15) is 11.8 Å². The molecule has 104 valence electrons. The van der Waals surface area contributed by atoms with Crippen LogP contribution in [0.2, 0.25) is 0 Å². The van der Waals surface area contributed by atoms with Crippen LogP contribution in [0.3, 0.4) is 0 Å². The first-order chi connectivity index (χ1) is 8.99. The SMILES string of the molecule is CC1SCCN(CC(=O)c2cc([N+](=O)[O-])c[nH]2)C1C. The lowest BCUT2D eigenvalue weighted by Crippen LogP contribution is -2.46. The minimum Gasteiger partial charge on any atom is -0.353 e. The third-order valence-corrected chi connectivity index (χ3v) is 4.88. The standard InChI is InChI=1S/C12H17N3O3S/c1-8-9(2)19-4-3-14(8)7-12(16)11-5-10(6-13-11)15(17)18/h5-6,8-9,13H,3-4,7H2,1-2H3. The van der Waals surface area contributed by atoms with Crippen LogP contribution in [0.5, 0.6) is 0 Å². The molecular formula is C12H17N3O3S. The molecule has 1 fully saturated rings. The van der Waals surface area contributed by atoms with E-state index in [2.05, 4.69) is 23.7 Å². The van der Waals surface area contributed by atoms with Crippen LogP contribution in [-0.4, -0.2) is 50.7 Å². The molecule has 1 aromatic heterocycles. The highest BCUT2D eigenvalue weighted by Crippen LogP contribution is 2.24. The molecule has 2 heterocycles. The largest absolute Gasteiger partial charge is 0.353 e. The highest BCUT2D eigenvalue weighted by Gasteiger charge is 2.27. The van der Waals surface area contributed by atoms with Crippen LogP contribution in [0, 0.1) is 10.1 Å². The molecule has 2 unspecified atom stereocenters. The minimum atomic E-state index is -0.504. The molecule has 1 saturated heterocycles. The fraction of sp³-hybridized carbons (Fsp3) is 0.583. The number of rotatable bonds is 4. The first-order valence-electron chi connectivity index (χ1n) is 6.20. The van der Waals surface area contributed by atoms with Crippen LogP contribution < -0.4 is 0 Å². The van der Waals surface area contributed by atoms with E-state index in [0.29, 0.717) is 23.5 Å². The molecule has 0 saturated carbocycles. The van der Waals surface area contributed by atoms with Crippen LogP contribution in [0.25, 0.3) is 0 Å². The van der Waals surface area contributed by atoms with Gasteiger partial charge in [0, 0.05) is 29.7 Å². The summed E-state index contributed by atoms with van der Waals surface area (Å²) in [7, 11) is 0. The molecule has 0 aromatic carbocycles. The van der Waals surface area contributed by atoms with Crippen molar-refractivity contribution in [2.75, 3.05) is 18.8 Å². The Morgan fingerprint density at radius 1 is 1.63 bits per heavy atom. The van der Waals surface area contributed by atoms with Crippen molar-refractivity contribution in [2.24, 2.45) is 0 Å². The molecule has 6 nitrogen and oxygen atoms in total. The summed E-state index contributed by atoms with van der Waals surface area (Å²) in [5.74, 6) is 0.919. The number of H-pyrrole nitrogens is 1. The molecule has 0 aliphatic carbocycles. The number of carbonyl (C=O) groups excluding carboxylic acids is 1. The van der Waals surface area contributed by atoms with Crippen molar-refractivity contribution >= 4 is 23.2 Å². The monoisotopic (exact) mass is 283 g/mol. The van der Waals surface area contributed by atoms with Gasteiger partial charge in [-0.3, -0.25) is 19.8 Å². The zero-order chi connectivity index (χ0) is 14.0. The predicted molar refractivity (Wildman–Crippen MR) is 74.7 cm³/mol. The second kappa shape index (κ2) is 5.75. The van der Waals surface area contributed by atoms with Gasteiger partial charge in [0.05, 0.1) is 23.4 Å². The number of carbonyl (C=O) groups is 1. The van der Waals surface area contributed by atoms with Crippen molar-refractivity contribution < 1.29 is 9.72 Å². The predicted octanol–water partition coefficient (Wildman–Crippen LogP) is 1.93. The number of hydrogen-bond donors (Lipinski definition) is 1.